The van der Waals surface area contributed by atoms with E-state index in [1.54, 1.807) is 0 Å². The quantitative estimate of drug-likeness (QED) is 0.598. The summed E-state index contributed by atoms with van der Waals surface area (Å²) in [6, 6.07) is 19.8. The van der Waals surface area contributed by atoms with Gasteiger partial charge in [0.1, 0.15) is 0 Å². The minimum absolute atomic E-state index is 0.478. The standard InChI is InChI=1S/C23H33N5/c1-24-23(25-17-20-10-7-11-22(16-20)27(2)3)26-21-12-14-28(15-13-21)18-19-8-5-4-6-9-19/h4-11,16,21H,12-15,17-18H2,1-3H3,(H2,24,25,26). The highest BCUT2D eigenvalue weighted by Crippen LogP contribution is 2.15. The molecule has 0 bridgehead atoms. The predicted molar refractivity (Wildman–Crippen MR) is 119 cm³/mol. The van der Waals surface area contributed by atoms with Gasteiger partial charge in [-0.2, -0.15) is 0 Å². The van der Waals surface area contributed by atoms with E-state index in [0.717, 1.165) is 45.0 Å². The molecule has 1 saturated heterocycles. The molecule has 0 saturated carbocycles. The first-order valence-electron chi connectivity index (χ1n) is 10.1. The van der Waals surface area contributed by atoms with Gasteiger partial charge >= 0.3 is 0 Å². The fourth-order valence-electron chi connectivity index (χ4n) is 3.60. The molecule has 2 aromatic carbocycles. The molecule has 1 fully saturated rings. The molecule has 0 unspecified atom stereocenters. The zero-order valence-corrected chi connectivity index (χ0v) is 17.4. The van der Waals surface area contributed by atoms with Crippen LogP contribution in [-0.2, 0) is 13.1 Å². The Hall–Kier alpha value is -2.53. The summed E-state index contributed by atoms with van der Waals surface area (Å²) in [5.74, 6) is 0.886. The summed E-state index contributed by atoms with van der Waals surface area (Å²) in [4.78, 5) is 9.07. The lowest BCUT2D eigenvalue weighted by molar-refractivity contribution is 0.198. The minimum Gasteiger partial charge on any atom is -0.378 e. The molecule has 1 aliphatic rings. The van der Waals surface area contributed by atoms with E-state index >= 15 is 0 Å². The van der Waals surface area contributed by atoms with E-state index in [4.69, 9.17) is 0 Å². The van der Waals surface area contributed by atoms with Crippen LogP contribution in [0.2, 0.25) is 0 Å². The van der Waals surface area contributed by atoms with Crippen LogP contribution in [0, 0.1) is 0 Å². The molecule has 28 heavy (non-hydrogen) atoms. The molecular formula is C23H33N5. The molecule has 3 rings (SSSR count). The molecule has 1 aliphatic heterocycles. The number of benzene rings is 2. The second-order valence-electron chi connectivity index (χ2n) is 7.67. The molecule has 5 nitrogen and oxygen atoms in total. The highest BCUT2D eigenvalue weighted by molar-refractivity contribution is 5.80. The number of hydrogen-bond donors (Lipinski definition) is 2. The summed E-state index contributed by atoms with van der Waals surface area (Å²) in [6.07, 6.45) is 2.29. The lowest BCUT2D eigenvalue weighted by Crippen LogP contribution is -2.48. The first-order chi connectivity index (χ1) is 13.6. The third kappa shape index (κ3) is 5.99. The average molecular weight is 380 g/mol. The first-order valence-corrected chi connectivity index (χ1v) is 10.1. The molecule has 1 heterocycles. The number of guanidine groups is 1. The fourth-order valence-corrected chi connectivity index (χ4v) is 3.60. The van der Waals surface area contributed by atoms with Crippen molar-refractivity contribution in [3.05, 3.63) is 65.7 Å². The van der Waals surface area contributed by atoms with Crippen LogP contribution in [0.5, 0.6) is 0 Å². The Morgan fingerprint density at radius 1 is 1.04 bits per heavy atom. The Morgan fingerprint density at radius 2 is 1.75 bits per heavy atom. The Morgan fingerprint density at radius 3 is 2.43 bits per heavy atom. The van der Waals surface area contributed by atoms with Gasteiger partial charge in [0, 0.05) is 59.1 Å². The monoisotopic (exact) mass is 379 g/mol. The van der Waals surface area contributed by atoms with Crippen LogP contribution in [0.15, 0.2) is 59.6 Å². The van der Waals surface area contributed by atoms with Crippen LogP contribution < -0.4 is 15.5 Å². The third-order valence-corrected chi connectivity index (χ3v) is 5.29. The summed E-state index contributed by atoms with van der Waals surface area (Å²) in [5, 5.41) is 7.06. The van der Waals surface area contributed by atoms with Gasteiger partial charge in [-0.3, -0.25) is 9.89 Å². The van der Waals surface area contributed by atoms with Crippen molar-refractivity contribution in [2.75, 3.05) is 39.1 Å². The van der Waals surface area contributed by atoms with Gasteiger partial charge in [-0.1, -0.05) is 42.5 Å². The lowest BCUT2D eigenvalue weighted by Gasteiger charge is -2.33. The van der Waals surface area contributed by atoms with Gasteiger partial charge in [0.2, 0.25) is 0 Å². The van der Waals surface area contributed by atoms with Crippen LogP contribution in [0.3, 0.4) is 0 Å². The molecule has 0 amide bonds. The van der Waals surface area contributed by atoms with Crippen molar-refractivity contribution in [3.8, 4) is 0 Å². The molecule has 5 heteroatoms. The second-order valence-corrected chi connectivity index (χ2v) is 7.67. The molecule has 2 aromatic rings. The van der Waals surface area contributed by atoms with E-state index in [2.05, 4.69) is 94.1 Å². The highest BCUT2D eigenvalue weighted by Gasteiger charge is 2.20. The van der Waals surface area contributed by atoms with Crippen LogP contribution in [0.1, 0.15) is 24.0 Å². The number of likely N-dealkylation sites (tertiary alicyclic amines) is 1. The topological polar surface area (TPSA) is 42.9 Å². The number of anilines is 1. The summed E-state index contributed by atoms with van der Waals surface area (Å²) in [7, 11) is 5.98. The van der Waals surface area contributed by atoms with E-state index in [-0.39, 0.29) is 0 Å². The maximum atomic E-state index is 4.41. The predicted octanol–water partition coefficient (Wildman–Crippen LogP) is 3.08. The third-order valence-electron chi connectivity index (χ3n) is 5.29. The van der Waals surface area contributed by atoms with E-state index in [0.29, 0.717) is 6.04 Å². The van der Waals surface area contributed by atoms with Crippen LogP contribution >= 0.6 is 0 Å². The normalized spacial score (nSPS) is 16.0. The summed E-state index contributed by atoms with van der Waals surface area (Å²) >= 11 is 0. The maximum absolute atomic E-state index is 4.41. The Labute approximate surface area is 169 Å². The molecular weight excluding hydrogens is 346 g/mol. The number of nitrogens with one attached hydrogen (secondary N) is 2. The fraction of sp³-hybridized carbons (Fsp3) is 0.435. The van der Waals surface area contributed by atoms with E-state index < -0.39 is 0 Å². The van der Waals surface area contributed by atoms with Crippen LogP contribution in [-0.4, -0.2) is 51.1 Å². The summed E-state index contributed by atoms with van der Waals surface area (Å²) in [5.41, 5.74) is 3.87. The van der Waals surface area contributed by atoms with Crippen LogP contribution in [0.4, 0.5) is 5.69 Å². The number of rotatable bonds is 6. The SMILES string of the molecule is CN=C(NCc1cccc(N(C)C)c1)NC1CCN(Cc2ccccc2)CC1. The average Bonchev–Trinajstić information content (AvgIpc) is 2.73. The van der Waals surface area contributed by atoms with Crippen molar-refractivity contribution in [1.82, 2.24) is 15.5 Å². The molecule has 0 aliphatic carbocycles. The van der Waals surface area contributed by atoms with E-state index in [1.165, 1.54) is 16.8 Å². The first kappa shape index (κ1) is 20.2. The second kappa shape index (κ2) is 10.1. The number of hydrogen-bond acceptors (Lipinski definition) is 3. The maximum Gasteiger partial charge on any atom is 0.191 e. The van der Waals surface area contributed by atoms with Gasteiger partial charge in [-0.05, 0) is 36.1 Å². The van der Waals surface area contributed by atoms with Crippen molar-refractivity contribution < 1.29 is 0 Å². The van der Waals surface area contributed by atoms with Crippen molar-refractivity contribution in [2.24, 2.45) is 4.99 Å². The minimum atomic E-state index is 0.478. The lowest BCUT2D eigenvalue weighted by atomic mass is 10.0. The number of piperidine rings is 1. The van der Waals surface area contributed by atoms with Crippen LogP contribution in [0.25, 0.3) is 0 Å². The van der Waals surface area contributed by atoms with Crippen molar-refractivity contribution in [2.45, 2.75) is 32.0 Å². The largest absolute Gasteiger partial charge is 0.378 e. The Bertz CT molecular complexity index is 749. The Kier molecular flexibility index (Phi) is 7.31. The van der Waals surface area contributed by atoms with Gasteiger partial charge in [-0.25, -0.2) is 0 Å². The Balaban J connectivity index is 1.44. The van der Waals surface area contributed by atoms with Crippen molar-refractivity contribution in [1.29, 1.82) is 0 Å². The molecule has 0 aromatic heterocycles. The van der Waals surface area contributed by atoms with Gasteiger partial charge in [0.05, 0.1) is 0 Å². The van der Waals surface area contributed by atoms with Gasteiger partial charge in [-0.15, -0.1) is 0 Å². The molecule has 0 atom stereocenters. The zero-order chi connectivity index (χ0) is 19.8. The number of aliphatic imine (C=N–C) groups is 1. The van der Waals surface area contributed by atoms with Crippen molar-refractivity contribution >= 4 is 11.6 Å². The molecule has 0 spiro atoms. The van der Waals surface area contributed by atoms with E-state index in [1.807, 2.05) is 7.05 Å². The van der Waals surface area contributed by atoms with Crippen molar-refractivity contribution in [3.63, 3.8) is 0 Å². The van der Waals surface area contributed by atoms with E-state index in [9.17, 15) is 0 Å². The molecule has 150 valence electrons. The van der Waals surface area contributed by atoms with Gasteiger partial charge in [0.15, 0.2) is 5.96 Å². The summed E-state index contributed by atoms with van der Waals surface area (Å²) < 4.78 is 0. The summed E-state index contributed by atoms with van der Waals surface area (Å²) in [6.45, 7) is 4.06. The molecule has 2 N–H and O–H groups in total. The number of nitrogens with zero attached hydrogens (tertiary/aromatic N) is 3. The smallest absolute Gasteiger partial charge is 0.191 e. The molecule has 0 radical (unpaired) electrons. The van der Waals surface area contributed by atoms with Gasteiger partial charge < -0.3 is 15.5 Å². The highest BCUT2D eigenvalue weighted by atomic mass is 15.2. The van der Waals surface area contributed by atoms with Gasteiger partial charge in [0.25, 0.3) is 0 Å². The zero-order valence-electron chi connectivity index (χ0n) is 17.4.